The quantitative estimate of drug-likeness (QED) is 0.121. The van der Waals surface area contributed by atoms with Gasteiger partial charge in [-0.1, -0.05) is 74.5 Å². The van der Waals surface area contributed by atoms with Crippen molar-refractivity contribution in [2.45, 2.75) is 51.6 Å². The molecule has 50 heavy (non-hydrogen) atoms. The Morgan fingerprint density at radius 3 is 1.32 bits per heavy atom. The van der Waals surface area contributed by atoms with Crippen LogP contribution in [-0.4, -0.2) is 62.5 Å². The Kier molecular flexibility index (Phi) is 11.5. The van der Waals surface area contributed by atoms with Crippen molar-refractivity contribution in [2.24, 2.45) is 11.8 Å². The fourth-order valence-electron chi connectivity index (χ4n) is 6.69. The number of nitrogens with zero attached hydrogens (tertiary/aromatic N) is 2. The van der Waals surface area contributed by atoms with E-state index in [0.29, 0.717) is 47.0 Å². The monoisotopic (exact) mass is 678 g/mol. The van der Waals surface area contributed by atoms with Gasteiger partial charge in [-0.2, -0.15) is 0 Å². The van der Waals surface area contributed by atoms with Crippen LogP contribution >= 0.6 is 0 Å². The number of carbonyl (C=O) groups is 4. The summed E-state index contributed by atoms with van der Waals surface area (Å²) in [5.41, 5.74) is -0.334. The SMILES string of the molecule is CCCN(C(=O)Cc1ccc(Oc2ccccc2)cc1)C1(N(CCC)C(=O)Cc2ccc(Oc3ccccc3)cc2)CC(C(=O)O)C1C(=O)O. The first kappa shape index (κ1) is 35.7. The average molecular weight is 679 g/mol. The van der Waals surface area contributed by atoms with Crippen LogP contribution in [0.25, 0.3) is 0 Å². The first-order valence-electron chi connectivity index (χ1n) is 16.9. The van der Waals surface area contributed by atoms with E-state index >= 15 is 0 Å². The Morgan fingerprint density at radius 2 is 0.980 bits per heavy atom. The van der Waals surface area contributed by atoms with Crippen molar-refractivity contribution in [3.63, 3.8) is 0 Å². The maximum Gasteiger partial charge on any atom is 0.311 e. The topological polar surface area (TPSA) is 134 Å². The van der Waals surface area contributed by atoms with Crippen molar-refractivity contribution in [3.05, 3.63) is 120 Å². The molecule has 0 spiro atoms. The first-order chi connectivity index (χ1) is 24.2. The van der Waals surface area contributed by atoms with Crippen LogP contribution in [0.5, 0.6) is 23.0 Å². The fourth-order valence-corrected chi connectivity index (χ4v) is 6.69. The molecular formula is C40H42N2O8. The highest BCUT2D eigenvalue weighted by molar-refractivity contribution is 5.89. The summed E-state index contributed by atoms with van der Waals surface area (Å²) >= 11 is 0. The minimum Gasteiger partial charge on any atom is -0.481 e. The Balaban J connectivity index is 1.42. The normalized spacial score (nSPS) is 16.0. The Labute approximate surface area is 291 Å². The zero-order chi connectivity index (χ0) is 35.7. The summed E-state index contributed by atoms with van der Waals surface area (Å²) in [6, 6.07) is 32.7. The number of ether oxygens (including phenoxy) is 2. The van der Waals surface area contributed by atoms with E-state index in [-0.39, 0.29) is 32.4 Å². The summed E-state index contributed by atoms with van der Waals surface area (Å²) in [6.45, 7) is 4.00. The van der Waals surface area contributed by atoms with Gasteiger partial charge in [0.05, 0.1) is 18.8 Å². The molecule has 10 nitrogen and oxygen atoms in total. The van der Waals surface area contributed by atoms with Gasteiger partial charge in [-0.25, -0.2) is 0 Å². The van der Waals surface area contributed by atoms with Gasteiger partial charge in [-0.3, -0.25) is 19.2 Å². The van der Waals surface area contributed by atoms with Crippen LogP contribution in [0.15, 0.2) is 109 Å². The van der Waals surface area contributed by atoms with Gasteiger partial charge in [0, 0.05) is 19.5 Å². The third-order valence-corrected chi connectivity index (χ3v) is 8.95. The molecule has 4 aromatic rings. The molecule has 1 saturated carbocycles. The third kappa shape index (κ3) is 7.97. The number of carbonyl (C=O) groups excluding carboxylic acids is 2. The van der Waals surface area contributed by atoms with Crippen molar-refractivity contribution >= 4 is 23.8 Å². The zero-order valence-corrected chi connectivity index (χ0v) is 28.2. The molecule has 10 heteroatoms. The lowest BCUT2D eigenvalue weighted by Crippen LogP contribution is -2.78. The molecule has 4 aromatic carbocycles. The molecule has 2 amide bonds. The summed E-state index contributed by atoms with van der Waals surface area (Å²) in [4.78, 5) is 56.6. The van der Waals surface area contributed by atoms with Crippen LogP contribution in [0.3, 0.4) is 0 Å². The minimum atomic E-state index is -1.66. The molecular weight excluding hydrogens is 636 g/mol. The van der Waals surface area contributed by atoms with Crippen LogP contribution in [0.2, 0.25) is 0 Å². The average Bonchev–Trinajstić information content (AvgIpc) is 3.09. The number of aliphatic carboxylic acids is 2. The van der Waals surface area contributed by atoms with Crippen molar-refractivity contribution in [3.8, 4) is 23.0 Å². The lowest BCUT2D eigenvalue weighted by Gasteiger charge is -2.61. The van der Waals surface area contributed by atoms with Crippen molar-refractivity contribution in [1.29, 1.82) is 0 Å². The van der Waals surface area contributed by atoms with E-state index in [0.717, 1.165) is 0 Å². The highest BCUT2D eigenvalue weighted by Gasteiger charge is 2.68. The first-order valence-corrected chi connectivity index (χ1v) is 16.9. The van der Waals surface area contributed by atoms with Gasteiger partial charge in [0.15, 0.2) is 0 Å². The number of hydrogen-bond acceptors (Lipinski definition) is 6. The predicted octanol–water partition coefficient (Wildman–Crippen LogP) is 7.04. The summed E-state index contributed by atoms with van der Waals surface area (Å²) < 4.78 is 11.8. The van der Waals surface area contributed by atoms with Crippen LogP contribution in [-0.2, 0) is 32.0 Å². The number of benzene rings is 4. The maximum absolute atomic E-state index is 14.2. The highest BCUT2D eigenvalue weighted by atomic mass is 16.5. The smallest absolute Gasteiger partial charge is 0.311 e. The van der Waals surface area contributed by atoms with E-state index in [1.807, 2.05) is 74.5 Å². The Bertz CT molecular complexity index is 1650. The van der Waals surface area contributed by atoms with Crippen LogP contribution in [0.1, 0.15) is 44.2 Å². The summed E-state index contributed by atoms with van der Waals surface area (Å²) in [6.07, 6.45) is 0.602. The molecule has 2 N–H and O–H groups in total. The molecule has 2 atom stereocenters. The summed E-state index contributed by atoms with van der Waals surface area (Å²) in [7, 11) is 0. The molecule has 0 aliphatic heterocycles. The third-order valence-electron chi connectivity index (χ3n) is 8.95. The Morgan fingerprint density at radius 1 is 0.600 bits per heavy atom. The fraction of sp³-hybridized carbons (Fsp3) is 0.300. The van der Waals surface area contributed by atoms with Gasteiger partial charge in [0.1, 0.15) is 34.6 Å². The molecule has 0 heterocycles. The molecule has 0 aromatic heterocycles. The lowest BCUT2D eigenvalue weighted by atomic mass is 9.61. The standard InChI is InChI=1S/C40H42N2O8/c1-3-23-41(35(43)25-28-15-19-32(20-16-28)49-30-11-7-5-8-12-30)40(27-34(38(45)46)37(40)39(47)48)42(24-4-2)36(44)26-29-17-21-33(22-18-29)50-31-13-9-6-10-14-31/h5-22,34,37H,3-4,23-27H2,1-2H3,(H,45,46)(H,47,48). The second-order valence-electron chi connectivity index (χ2n) is 12.4. The van der Waals surface area contributed by atoms with Crippen molar-refractivity contribution < 1.29 is 38.9 Å². The highest BCUT2D eigenvalue weighted by Crippen LogP contribution is 2.51. The number of para-hydroxylation sites is 2. The van der Waals surface area contributed by atoms with Gasteiger partial charge in [-0.15, -0.1) is 0 Å². The van der Waals surface area contributed by atoms with E-state index in [1.54, 1.807) is 48.5 Å². The van der Waals surface area contributed by atoms with Crippen molar-refractivity contribution in [1.82, 2.24) is 9.80 Å². The van der Waals surface area contributed by atoms with E-state index in [9.17, 15) is 29.4 Å². The van der Waals surface area contributed by atoms with E-state index < -0.39 is 41.3 Å². The molecule has 0 bridgehead atoms. The predicted molar refractivity (Wildman–Crippen MR) is 187 cm³/mol. The lowest BCUT2D eigenvalue weighted by molar-refractivity contribution is -0.216. The summed E-state index contributed by atoms with van der Waals surface area (Å²) in [5, 5.41) is 20.5. The second kappa shape index (κ2) is 16.2. The van der Waals surface area contributed by atoms with Gasteiger partial charge in [0.2, 0.25) is 11.8 Å². The molecule has 1 aliphatic rings. The van der Waals surface area contributed by atoms with Gasteiger partial charge >= 0.3 is 11.9 Å². The van der Waals surface area contributed by atoms with E-state index in [2.05, 4.69) is 0 Å². The number of carboxylic acid groups (broad SMARTS) is 2. The molecule has 1 aliphatic carbocycles. The second-order valence-corrected chi connectivity index (χ2v) is 12.4. The van der Waals surface area contributed by atoms with E-state index in [1.165, 1.54) is 9.80 Å². The van der Waals surface area contributed by atoms with Gasteiger partial charge < -0.3 is 29.5 Å². The van der Waals surface area contributed by atoms with Crippen molar-refractivity contribution in [2.75, 3.05) is 13.1 Å². The number of rotatable bonds is 16. The largest absolute Gasteiger partial charge is 0.481 e. The molecule has 5 rings (SSSR count). The number of amides is 2. The molecule has 260 valence electrons. The van der Waals surface area contributed by atoms with E-state index in [4.69, 9.17) is 9.47 Å². The van der Waals surface area contributed by atoms with Gasteiger partial charge in [-0.05, 0) is 72.5 Å². The minimum absolute atomic E-state index is 0.0749. The molecule has 2 unspecified atom stereocenters. The Hall–Kier alpha value is -5.64. The van der Waals surface area contributed by atoms with Gasteiger partial charge in [0.25, 0.3) is 0 Å². The molecule has 0 radical (unpaired) electrons. The zero-order valence-electron chi connectivity index (χ0n) is 28.2. The number of hydrogen-bond donors (Lipinski definition) is 2. The van der Waals surface area contributed by atoms with Crippen LogP contribution in [0.4, 0.5) is 0 Å². The summed E-state index contributed by atoms with van der Waals surface area (Å²) in [5.74, 6) is -3.70. The molecule has 1 fully saturated rings. The maximum atomic E-state index is 14.2. The van der Waals surface area contributed by atoms with Crippen LogP contribution < -0.4 is 9.47 Å². The number of carboxylic acids is 2. The van der Waals surface area contributed by atoms with Crippen LogP contribution in [0, 0.1) is 11.8 Å². The molecule has 0 saturated heterocycles.